The number of hydrogen-bond donors (Lipinski definition) is 0. The number of rotatable bonds is 7. The molecule has 326 valence electrons. The number of para-hydroxylation sites is 5. The first kappa shape index (κ1) is 39.1. The van der Waals surface area contributed by atoms with Crippen LogP contribution in [-0.4, -0.2) is 4.57 Å². The Morgan fingerprint density at radius 2 is 0.710 bits per heavy atom. The Balaban J connectivity index is 1.13. The van der Waals surface area contributed by atoms with Crippen molar-refractivity contribution < 1.29 is 8.83 Å². The number of aryl methyl sites for hydroxylation is 2. The maximum atomic E-state index is 6.83. The average molecular weight is 886 g/mol. The lowest BCUT2D eigenvalue weighted by molar-refractivity contribution is 0.669. The Kier molecular flexibility index (Phi) is 8.65. The summed E-state index contributed by atoms with van der Waals surface area (Å²) in [4.78, 5) is 4.81. The number of fused-ring (bicyclic) bond motifs is 13. The van der Waals surface area contributed by atoms with E-state index in [0.29, 0.717) is 0 Å². The number of benzene rings is 11. The van der Waals surface area contributed by atoms with Gasteiger partial charge in [-0.1, -0.05) is 152 Å². The Hall–Kier alpha value is -9.06. The van der Waals surface area contributed by atoms with Crippen LogP contribution in [0.3, 0.4) is 0 Å². The molecule has 0 atom stereocenters. The molecule has 0 amide bonds. The molecule has 0 aliphatic heterocycles. The molecule has 0 fully saturated rings. The third-order valence-corrected chi connectivity index (χ3v) is 14.0. The average Bonchev–Trinajstić information content (AvgIpc) is 4.08. The quantitative estimate of drug-likeness (QED) is 0.160. The van der Waals surface area contributed by atoms with Crippen LogP contribution in [0.4, 0.5) is 34.1 Å². The van der Waals surface area contributed by atoms with Gasteiger partial charge in [0.1, 0.15) is 11.2 Å². The Morgan fingerprint density at radius 1 is 0.319 bits per heavy atom. The van der Waals surface area contributed by atoms with Crippen LogP contribution < -0.4 is 9.80 Å². The van der Waals surface area contributed by atoms with Gasteiger partial charge in [-0.05, 0) is 109 Å². The van der Waals surface area contributed by atoms with Crippen molar-refractivity contribution in [3.63, 3.8) is 0 Å². The number of nitrogens with zero attached hydrogens (tertiary/aromatic N) is 3. The van der Waals surface area contributed by atoms with Crippen molar-refractivity contribution in [3.05, 3.63) is 236 Å². The normalized spacial score (nSPS) is 11.9. The standard InChI is InChI=1S/C64H43N3O2/c1-40-18-14-22-43(36-40)66(53-32-16-30-51-47-26-10-12-34-59(47)68-63(51)53)55-38-57-61(49-28-8-6-24-45(49)55)62-50-29-9-7-25-46(50)56(39-58(62)65(57)42-20-4-3-5-21-42)67(44-23-15-19-41(2)37-44)54-33-17-31-52-48-27-11-13-35-60(48)69-64(52)54/h3-39H,1-2H3. The minimum Gasteiger partial charge on any atom is -0.454 e. The highest BCUT2D eigenvalue weighted by atomic mass is 16.3. The van der Waals surface area contributed by atoms with Crippen molar-refractivity contribution in [1.29, 1.82) is 0 Å². The monoisotopic (exact) mass is 885 g/mol. The highest BCUT2D eigenvalue weighted by Crippen LogP contribution is 2.52. The van der Waals surface area contributed by atoms with E-state index in [2.05, 4.69) is 241 Å². The largest absolute Gasteiger partial charge is 0.454 e. The molecule has 69 heavy (non-hydrogen) atoms. The Morgan fingerprint density at radius 3 is 1.17 bits per heavy atom. The van der Waals surface area contributed by atoms with Crippen molar-refractivity contribution >= 4 is 121 Å². The van der Waals surface area contributed by atoms with Gasteiger partial charge in [-0.2, -0.15) is 0 Å². The first-order valence-electron chi connectivity index (χ1n) is 23.6. The number of hydrogen-bond acceptors (Lipinski definition) is 4. The zero-order chi connectivity index (χ0) is 45.7. The minimum atomic E-state index is 0.847. The van der Waals surface area contributed by atoms with Crippen LogP contribution >= 0.6 is 0 Å². The fourth-order valence-corrected chi connectivity index (χ4v) is 11.1. The van der Waals surface area contributed by atoms with Gasteiger partial charge in [0.25, 0.3) is 0 Å². The molecule has 14 rings (SSSR count). The molecule has 0 saturated carbocycles. The van der Waals surface area contributed by atoms with Crippen LogP contribution in [0, 0.1) is 13.8 Å². The molecule has 5 heteroatoms. The lowest BCUT2D eigenvalue weighted by atomic mass is 9.96. The molecule has 11 aromatic carbocycles. The smallest absolute Gasteiger partial charge is 0.159 e. The number of anilines is 6. The van der Waals surface area contributed by atoms with Crippen molar-refractivity contribution in [2.24, 2.45) is 0 Å². The van der Waals surface area contributed by atoms with Crippen LogP contribution in [-0.2, 0) is 0 Å². The van der Waals surface area contributed by atoms with Gasteiger partial charge < -0.3 is 23.2 Å². The third kappa shape index (κ3) is 5.97. The highest BCUT2D eigenvalue weighted by molar-refractivity contribution is 6.32. The third-order valence-electron chi connectivity index (χ3n) is 14.0. The van der Waals surface area contributed by atoms with E-state index in [4.69, 9.17) is 8.83 Å². The van der Waals surface area contributed by atoms with Crippen LogP contribution in [0.2, 0.25) is 0 Å². The van der Waals surface area contributed by atoms with E-state index in [9.17, 15) is 0 Å². The maximum absolute atomic E-state index is 6.83. The van der Waals surface area contributed by atoms with Crippen molar-refractivity contribution in [2.75, 3.05) is 9.80 Å². The van der Waals surface area contributed by atoms with Crippen LogP contribution in [0.5, 0.6) is 0 Å². The Bertz CT molecular complexity index is 4110. The van der Waals surface area contributed by atoms with E-state index in [1.807, 2.05) is 12.1 Å². The van der Waals surface area contributed by atoms with Crippen molar-refractivity contribution in [1.82, 2.24) is 4.57 Å². The lowest BCUT2D eigenvalue weighted by Gasteiger charge is -2.28. The van der Waals surface area contributed by atoms with Gasteiger partial charge in [0, 0.05) is 60.2 Å². The lowest BCUT2D eigenvalue weighted by Crippen LogP contribution is -2.11. The van der Waals surface area contributed by atoms with Crippen molar-refractivity contribution in [2.45, 2.75) is 13.8 Å². The summed E-state index contributed by atoms with van der Waals surface area (Å²) in [5, 5.41) is 11.4. The summed E-state index contributed by atoms with van der Waals surface area (Å²) in [6.07, 6.45) is 0. The van der Waals surface area contributed by atoms with Crippen molar-refractivity contribution in [3.8, 4) is 5.69 Å². The van der Waals surface area contributed by atoms with E-state index >= 15 is 0 Å². The first-order valence-corrected chi connectivity index (χ1v) is 23.6. The SMILES string of the molecule is Cc1cccc(N(c2cc3c(c4ccccc24)c2c4ccccc4c(N(c4cccc(C)c4)c4cccc5c4oc4ccccc45)cc2n3-c2ccccc2)c2cccc3c2oc2ccccc23)c1. The molecule has 0 unspecified atom stereocenters. The molecular weight excluding hydrogens is 843 g/mol. The zero-order valence-corrected chi connectivity index (χ0v) is 38.0. The Labute approximate surface area is 397 Å². The van der Waals surface area contributed by atoms with Gasteiger partial charge in [-0.3, -0.25) is 0 Å². The molecule has 5 nitrogen and oxygen atoms in total. The van der Waals surface area contributed by atoms with E-state index in [0.717, 1.165) is 105 Å². The molecular formula is C64H43N3O2. The molecule has 14 aromatic rings. The van der Waals surface area contributed by atoms with Crippen LogP contribution in [0.25, 0.3) is 92.9 Å². The summed E-state index contributed by atoms with van der Waals surface area (Å²) in [5.74, 6) is 0. The number of furan rings is 2. The summed E-state index contributed by atoms with van der Waals surface area (Å²) < 4.78 is 16.1. The predicted molar refractivity (Wildman–Crippen MR) is 289 cm³/mol. The molecule has 0 aliphatic carbocycles. The van der Waals surface area contributed by atoms with E-state index < -0.39 is 0 Å². The second-order valence-electron chi connectivity index (χ2n) is 18.2. The molecule has 3 aromatic heterocycles. The molecule has 0 bridgehead atoms. The second kappa shape index (κ2) is 15.2. The van der Waals surface area contributed by atoms with E-state index in [1.54, 1.807) is 0 Å². The van der Waals surface area contributed by atoms with E-state index in [-0.39, 0.29) is 0 Å². The fourth-order valence-electron chi connectivity index (χ4n) is 11.1. The van der Waals surface area contributed by atoms with E-state index in [1.165, 1.54) is 32.7 Å². The van der Waals surface area contributed by atoms with Gasteiger partial charge in [0.2, 0.25) is 0 Å². The van der Waals surface area contributed by atoms with Crippen LogP contribution in [0.15, 0.2) is 233 Å². The topological polar surface area (TPSA) is 37.7 Å². The second-order valence-corrected chi connectivity index (χ2v) is 18.2. The summed E-state index contributed by atoms with van der Waals surface area (Å²) in [7, 11) is 0. The molecule has 0 N–H and O–H groups in total. The summed E-state index contributed by atoms with van der Waals surface area (Å²) in [6.45, 7) is 4.32. The molecule has 0 saturated heterocycles. The summed E-state index contributed by atoms with van der Waals surface area (Å²) in [6, 6.07) is 80.8. The number of aromatic nitrogens is 1. The molecule has 0 spiro atoms. The molecule has 3 heterocycles. The van der Waals surface area contributed by atoms with Gasteiger partial charge in [0.05, 0.1) is 33.8 Å². The minimum absolute atomic E-state index is 0.847. The van der Waals surface area contributed by atoms with Gasteiger partial charge in [-0.15, -0.1) is 0 Å². The maximum Gasteiger partial charge on any atom is 0.159 e. The summed E-state index contributed by atoms with van der Waals surface area (Å²) >= 11 is 0. The predicted octanol–water partition coefficient (Wildman–Crippen LogP) is 18.4. The molecule has 0 radical (unpaired) electrons. The highest BCUT2D eigenvalue weighted by Gasteiger charge is 2.28. The van der Waals surface area contributed by atoms with Gasteiger partial charge in [-0.25, -0.2) is 0 Å². The zero-order valence-electron chi connectivity index (χ0n) is 38.0. The van der Waals surface area contributed by atoms with Gasteiger partial charge >= 0.3 is 0 Å². The summed E-state index contributed by atoms with van der Waals surface area (Å²) in [5.41, 5.74) is 15.2. The molecule has 0 aliphatic rings. The van der Waals surface area contributed by atoms with Gasteiger partial charge in [0.15, 0.2) is 11.2 Å². The fraction of sp³-hybridized carbons (Fsp3) is 0.0312. The first-order chi connectivity index (χ1) is 34.1. The van der Waals surface area contributed by atoms with Crippen LogP contribution in [0.1, 0.15) is 11.1 Å².